The summed E-state index contributed by atoms with van der Waals surface area (Å²) in [7, 11) is 1.83. The second-order valence-electron chi connectivity index (χ2n) is 3.15. The van der Waals surface area contributed by atoms with E-state index in [-0.39, 0.29) is 11.9 Å². The van der Waals surface area contributed by atoms with E-state index < -0.39 is 0 Å². The van der Waals surface area contributed by atoms with Crippen molar-refractivity contribution in [1.29, 1.82) is 0 Å². The number of nitrogens with one attached hydrogen (secondary N) is 1. The Bertz CT molecular complexity index is 357. The molecule has 1 unspecified atom stereocenters. The SMILES string of the molecule is C=CC(C)NC(=O)c1cc(Br)cn1C. The quantitative estimate of drug-likeness (QED) is 0.826. The molecule has 1 aromatic rings. The average molecular weight is 257 g/mol. The molecule has 4 heteroatoms. The van der Waals surface area contributed by atoms with Crippen molar-refractivity contribution in [3.05, 3.63) is 35.1 Å². The Balaban J connectivity index is 2.79. The zero-order valence-corrected chi connectivity index (χ0v) is 9.84. The third-order valence-corrected chi connectivity index (χ3v) is 2.35. The van der Waals surface area contributed by atoms with Gasteiger partial charge in [-0.15, -0.1) is 6.58 Å². The number of carbonyl (C=O) groups is 1. The molecule has 76 valence electrons. The van der Waals surface area contributed by atoms with E-state index in [4.69, 9.17) is 0 Å². The summed E-state index contributed by atoms with van der Waals surface area (Å²) in [6.07, 6.45) is 3.53. The topological polar surface area (TPSA) is 34.0 Å². The summed E-state index contributed by atoms with van der Waals surface area (Å²) >= 11 is 3.31. The minimum atomic E-state index is -0.0920. The van der Waals surface area contributed by atoms with Gasteiger partial charge in [-0.1, -0.05) is 6.08 Å². The van der Waals surface area contributed by atoms with Crippen LogP contribution in [0.1, 0.15) is 17.4 Å². The molecule has 1 aromatic heterocycles. The highest BCUT2D eigenvalue weighted by atomic mass is 79.9. The summed E-state index contributed by atoms with van der Waals surface area (Å²) in [6, 6.07) is 1.77. The smallest absolute Gasteiger partial charge is 0.268 e. The second-order valence-corrected chi connectivity index (χ2v) is 4.07. The highest BCUT2D eigenvalue weighted by molar-refractivity contribution is 9.10. The van der Waals surface area contributed by atoms with Crippen LogP contribution in [0, 0.1) is 0 Å². The maximum atomic E-state index is 11.6. The van der Waals surface area contributed by atoms with Crippen molar-refractivity contribution in [3.8, 4) is 0 Å². The molecule has 1 N–H and O–H groups in total. The van der Waals surface area contributed by atoms with Crippen LogP contribution < -0.4 is 5.32 Å². The third kappa shape index (κ3) is 2.48. The van der Waals surface area contributed by atoms with Gasteiger partial charge in [0.25, 0.3) is 5.91 Å². The zero-order chi connectivity index (χ0) is 10.7. The van der Waals surface area contributed by atoms with Crippen molar-refractivity contribution in [1.82, 2.24) is 9.88 Å². The largest absolute Gasteiger partial charge is 0.345 e. The molecule has 1 atom stereocenters. The molecular formula is C10H13BrN2O. The Labute approximate surface area is 91.9 Å². The van der Waals surface area contributed by atoms with Gasteiger partial charge in [0.2, 0.25) is 0 Å². The Morgan fingerprint density at radius 1 is 1.79 bits per heavy atom. The summed E-state index contributed by atoms with van der Waals surface area (Å²) in [5.74, 6) is -0.0920. The number of carbonyl (C=O) groups excluding carboxylic acids is 1. The van der Waals surface area contributed by atoms with Crippen molar-refractivity contribution in [2.45, 2.75) is 13.0 Å². The Morgan fingerprint density at radius 2 is 2.43 bits per heavy atom. The van der Waals surface area contributed by atoms with Crippen molar-refractivity contribution >= 4 is 21.8 Å². The molecule has 0 saturated carbocycles. The van der Waals surface area contributed by atoms with Crippen LogP contribution in [0.4, 0.5) is 0 Å². The summed E-state index contributed by atoms with van der Waals surface area (Å²) in [4.78, 5) is 11.6. The molecule has 0 radical (unpaired) electrons. The first-order valence-corrected chi connectivity index (χ1v) is 5.09. The molecule has 1 rings (SSSR count). The fourth-order valence-corrected chi connectivity index (χ4v) is 1.61. The van der Waals surface area contributed by atoms with Gasteiger partial charge in [-0.2, -0.15) is 0 Å². The molecular weight excluding hydrogens is 244 g/mol. The lowest BCUT2D eigenvalue weighted by Gasteiger charge is -2.09. The van der Waals surface area contributed by atoms with Crippen LogP contribution in [0.2, 0.25) is 0 Å². The number of aromatic nitrogens is 1. The van der Waals surface area contributed by atoms with Crippen LogP contribution in [0.5, 0.6) is 0 Å². The highest BCUT2D eigenvalue weighted by Crippen LogP contribution is 2.13. The molecule has 1 amide bonds. The lowest BCUT2D eigenvalue weighted by Crippen LogP contribution is -2.32. The van der Waals surface area contributed by atoms with Crippen LogP contribution in [0.3, 0.4) is 0 Å². The summed E-state index contributed by atoms with van der Waals surface area (Å²) < 4.78 is 2.67. The van der Waals surface area contributed by atoms with E-state index in [0.717, 1.165) is 4.47 Å². The molecule has 14 heavy (non-hydrogen) atoms. The lowest BCUT2D eigenvalue weighted by molar-refractivity contribution is 0.0939. The molecule has 0 fully saturated rings. The highest BCUT2D eigenvalue weighted by Gasteiger charge is 2.11. The molecule has 0 spiro atoms. The predicted molar refractivity (Wildman–Crippen MR) is 60.2 cm³/mol. The predicted octanol–water partition coefficient (Wildman–Crippen LogP) is 2.09. The molecule has 0 saturated heterocycles. The Morgan fingerprint density at radius 3 is 2.86 bits per heavy atom. The van der Waals surface area contributed by atoms with Crippen LogP contribution in [-0.2, 0) is 7.05 Å². The third-order valence-electron chi connectivity index (χ3n) is 1.92. The molecule has 1 heterocycles. The summed E-state index contributed by atoms with van der Waals surface area (Å²) in [5, 5.41) is 2.80. The fourth-order valence-electron chi connectivity index (χ4n) is 1.09. The average Bonchev–Trinajstić information content (AvgIpc) is 2.45. The van der Waals surface area contributed by atoms with Crippen LogP contribution in [0.15, 0.2) is 29.4 Å². The van der Waals surface area contributed by atoms with Gasteiger partial charge >= 0.3 is 0 Å². The van der Waals surface area contributed by atoms with Gasteiger partial charge in [-0.25, -0.2) is 0 Å². The number of hydrogen-bond acceptors (Lipinski definition) is 1. The van der Waals surface area contributed by atoms with Crippen LogP contribution >= 0.6 is 15.9 Å². The number of aryl methyl sites for hydroxylation is 1. The van der Waals surface area contributed by atoms with Crippen molar-refractivity contribution < 1.29 is 4.79 Å². The number of halogens is 1. The van der Waals surface area contributed by atoms with E-state index in [1.165, 1.54) is 0 Å². The van der Waals surface area contributed by atoms with E-state index in [2.05, 4.69) is 27.8 Å². The van der Waals surface area contributed by atoms with Crippen molar-refractivity contribution in [3.63, 3.8) is 0 Å². The summed E-state index contributed by atoms with van der Waals surface area (Å²) in [5.41, 5.74) is 0.630. The van der Waals surface area contributed by atoms with E-state index in [9.17, 15) is 4.79 Å². The molecule has 0 aromatic carbocycles. The van der Waals surface area contributed by atoms with E-state index >= 15 is 0 Å². The molecule has 0 aliphatic rings. The minimum Gasteiger partial charge on any atom is -0.345 e. The van der Waals surface area contributed by atoms with Gasteiger partial charge in [0.15, 0.2) is 0 Å². The number of rotatable bonds is 3. The molecule has 0 bridgehead atoms. The first-order valence-electron chi connectivity index (χ1n) is 4.30. The van der Waals surface area contributed by atoms with Gasteiger partial charge in [0.05, 0.1) is 0 Å². The standard InChI is InChI=1S/C10H13BrN2O/c1-4-7(2)12-10(14)9-5-8(11)6-13(9)3/h4-7H,1H2,2-3H3,(H,12,14). The number of amides is 1. The minimum absolute atomic E-state index is 0.0174. The molecule has 3 nitrogen and oxygen atoms in total. The monoisotopic (exact) mass is 256 g/mol. The van der Waals surface area contributed by atoms with Gasteiger partial charge < -0.3 is 9.88 Å². The van der Waals surface area contributed by atoms with E-state index in [1.807, 2.05) is 20.2 Å². The van der Waals surface area contributed by atoms with Crippen LogP contribution in [0.25, 0.3) is 0 Å². The van der Waals surface area contributed by atoms with Gasteiger partial charge in [-0.05, 0) is 28.9 Å². The molecule has 0 aliphatic carbocycles. The zero-order valence-electron chi connectivity index (χ0n) is 8.25. The van der Waals surface area contributed by atoms with E-state index in [0.29, 0.717) is 5.69 Å². The van der Waals surface area contributed by atoms with Crippen molar-refractivity contribution in [2.75, 3.05) is 0 Å². The van der Waals surface area contributed by atoms with E-state index in [1.54, 1.807) is 16.7 Å². The Kier molecular flexibility index (Phi) is 3.52. The lowest BCUT2D eigenvalue weighted by atomic mass is 10.3. The first-order chi connectivity index (χ1) is 6.54. The maximum absolute atomic E-state index is 11.6. The number of hydrogen-bond donors (Lipinski definition) is 1. The van der Waals surface area contributed by atoms with Gasteiger partial charge in [0, 0.05) is 23.8 Å². The van der Waals surface area contributed by atoms with Crippen LogP contribution in [-0.4, -0.2) is 16.5 Å². The van der Waals surface area contributed by atoms with Crippen molar-refractivity contribution in [2.24, 2.45) is 7.05 Å². The number of nitrogens with zero attached hydrogens (tertiary/aromatic N) is 1. The Hall–Kier alpha value is -1.03. The van der Waals surface area contributed by atoms with Gasteiger partial charge in [-0.3, -0.25) is 4.79 Å². The molecule has 0 aliphatic heterocycles. The maximum Gasteiger partial charge on any atom is 0.268 e. The first kappa shape index (κ1) is 11.0. The van der Waals surface area contributed by atoms with Gasteiger partial charge in [0.1, 0.15) is 5.69 Å². The normalized spacial score (nSPS) is 12.2. The fraction of sp³-hybridized carbons (Fsp3) is 0.300. The second kappa shape index (κ2) is 4.46. The summed E-state index contributed by atoms with van der Waals surface area (Å²) in [6.45, 7) is 5.48.